The van der Waals surface area contributed by atoms with Gasteiger partial charge in [-0.2, -0.15) is 13.2 Å². The summed E-state index contributed by atoms with van der Waals surface area (Å²) in [7, 11) is -10.2. The molecule has 0 saturated heterocycles. The third kappa shape index (κ3) is 7.35. The van der Waals surface area contributed by atoms with Gasteiger partial charge in [0.1, 0.15) is 10.6 Å². The van der Waals surface area contributed by atoms with Crippen molar-refractivity contribution in [1.82, 2.24) is 0 Å². The molecule has 1 aromatic carbocycles. The second kappa shape index (κ2) is 8.48. The van der Waals surface area contributed by atoms with E-state index < -0.39 is 81.1 Å². The summed E-state index contributed by atoms with van der Waals surface area (Å²) in [4.78, 5) is 34.9. The van der Waals surface area contributed by atoms with Gasteiger partial charge in [-0.1, -0.05) is 19.4 Å². The molecule has 0 N–H and O–H groups in total. The number of rotatable bonds is 9. The Labute approximate surface area is 184 Å². The lowest BCUT2D eigenvalue weighted by molar-refractivity contribution is -0.757. The average Bonchev–Trinajstić information content (AvgIpc) is 2.67. The Kier molecular flexibility index (Phi) is 6.72. The quantitative estimate of drug-likeness (QED) is 0.108. The van der Waals surface area contributed by atoms with Crippen LogP contribution in [0.1, 0.15) is 18.4 Å². The summed E-state index contributed by atoms with van der Waals surface area (Å²) in [5.41, 5.74) is -2.30. The van der Waals surface area contributed by atoms with Crippen LogP contribution in [0, 0.1) is 10.1 Å². The summed E-state index contributed by atoms with van der Waals surface area (Å²) in [6.07, 6.45) is -8.69. The van der Waals surface area contributed by atoms with Crippen molar-refractivity contribution in [2.24, 2.45) is 0 Å². The summed E-state index contributed by atoms with van der Waals surface area (Å²) < 4.78 is 118. The minimum atomic E-state index is -10.2. The van der Waals surface area contributed by atoms with Crippen LogP contribution in [-0.2, 0) is 23.9 Å². The number of benzene rings is 1. The molecule has 0 aliphatic carbocycles. The predicted octanol–water partition coefficient (Wildman–Crippen LogP) is 5.08. The van der Waals surface area contributed by atoms with Crippen LogP contribution in [0.15, 0.2) is 28.7 Å². The maximum Gasteiger partial charge on any atom is 0.430 e. The van der Waals surface area contributed by atoms with Gasteiger partial charge in [0.2, 0.25) is 12.9 Å². The molecule has 0 aromatic heterocycles. The van der Waals surface area contributed by atoms with Gasteiger partial charge >= 0.3 is 28.3 Å². The first-order chi connectivity index (χ1) is 15.3. The predicted molar refractivity (Wildman–Crippen MR) is 95.5 cm³/mol. The molecule has 0 fully saturated rings. The molecule has 0 spiro atoms. The van der Waals surface area contributed by atoms with E-state index in [9.17, 15) is 52.3 Å². The fourth-order valence-electron chi connectivity index (χ4n) is 2.49. The molecule has 1 unspecified atom stereocenters. The molecule has 1 aliphatic heterocycles. The Balaban J connectivity index is 2.17. The van der Waals surface area contributed by atoms with E-state index in [1.807, 2.05) is 0 Å². The molecule has 0 bridgehead atoms. The smallest absolute Gasteiger partial charge is 0.430 e. The molecule has 2 rings (SSSR count). The van der Waals surface area contributed by atoms with Crippen LogP contribution in [-0.4, -0.2) is 42.7 Å². The molecular formula is C16H13F8NO8S. The second-order valence-corrected chi connectivity index (χ2v) is 8.94. The summed E-state index contributed by atoms with van der Waals surface area (Å²) in [5.74, 6) is -3.75. The maximum atomic E-state index is 13.3. The SMILES string of the molecule is O=C(CCCO[N+](=O)[O-])OCOC(=O)C1=Cc2cc(S(F)(F)(F)(F)F)ccc2OC1C(F)(F)F. The van der Waals surface area contributed by atoms with Crippen LogP contribution in [0.4, 0.5) is 32.6 Å². The Bertz CT molecular complexity index is 1030. The van der Waals surface area contributed by atoms with Crippen molar-refractivity contribution in [2.45, 2.75) is 30.0 Å². The molecule has 1 aliphatic rings. The van der Waals surface area contributed by atoms with E-state index in [0.717, 1.165) is 0 Å². The van der Waals surface area contributed by atoms with Crippen molar-refractivity contribution in [2.75, 3.05) is 13.4 Å². The fraction of sp³-hybridized carbons (Fsp3) is 0.375. The van der Waals surface area contributed by atoms with Crippen molar-refractivity contribution in [3.63, 3.8) is 0 Å². The molecular weight excluding hydrogens is 518 g/mol. The first-order valence-electron chi connectivity index (χ1n) is 8.71. The Morgan fingerprint density at radius 3 is 2.32 bits per heavy atom. The number of ether oxygens (including phenoxy) is 3. The minimum absolute atomic E-state index is 0.152. The number of hydrogen-bond acceptors (Lipinski definition) is 8. The molecule has 0 saturated carbocycles. The van der Waals surface area contributed by atoms with E-state index in [0.29, 0.717) is 0 Å². The molecule has 0 amide bonds. The Morgan fingerprint density at radius 1 is 1.12 bits per heavy atom. The van der Waals surface area contributed by atoms with Crippen LogP contribution in [0.3, 0.4) is 0 Å². The minimum Gasteiger partial charge on any atom is -0.475 e. The number of carbonyl (C=O) groups excluding carboxylic acids is 2. The lowest BCUT2D eigenvalue weighted by Gasteiger charge is -2.41. The number of alkyl halides is 3. The first kappa shape index (κ1) is 26.9. The third-order valence-electron chi connectivity index (χ3n) is 3.93. The van der Waals surface area contributed by atoms with E-state index >= 15 is 0 Å². The van der Waals surface area contributed by atoms with Crippen molar-refractivity contribution >= 4 is 28.2 Å². The molecule has 34 heavy (non-hydrogen) atoms. The fourth-order valence-corrected chi connectivity index (χ4v) is 3.16. The van der Waals surface area contributed by atoms with E-state index in [4.69, 9.17) is 0 Å². The highest BCUT2D eigenvalue weighted by atomic mass is 32.5. The van der Waals surface area contributed by atoms with Gasteiger partial charge in [-0.25, -0.2) is 4.79 Å². The van der Waals surface area contributed by atoms with E-state index in [2.05, 4.69) is 19.0 Å². The maximum absolute atomic E-state index is 13.3. The normalized spacial score (nSPS) is 17.8. The highest BCUT2D eigenvalue weighted by molar-refractivity contribution is 8.45. The van der Waals surface area contributed by atoms with Crippen molar-refractivity contribution in [3.05, 3.63) is 39.4 Å². The number of hydrogen-bond donors (Lipinski definition) is 0. The van der Waals surface area contributed by atoms with Crippen molar-refractivity contribution < 1.29 is 66.3 Å². The molecule has 1 atom stereocenters. The number of carbonyl (C=O) groups is 2. The van der Waals surface area contributed by atoms with E-state index in [-0.39, 0.29) is 30.7 Å². The highest BCUT2D eigenvalue weighted by Gasteiger charge is 2.65. The summed E-state index contributed by atoms with van der Waals surface area (Å²) in [5, 5.41) is 8.82. The summed E-state index contributed by atoms with van der Waals surface area (Å²) in [6, 6.07) is -0.0741. The number of halogens is 8. The average molecular weight is 531 g/mol. The van der Waals surface area contributed by atoms with Crippen molar-refractivity contribution in [1.29, 1.82) is 0 Å². The lowest BCUT2D eigenvalue weighted by Crippen LogP contribution is -2.41. The van der Waals surface area contributed by atoms with Gasteiger partial charge in [-0.15, -0.1) is 10.1 Å². The van der Waals surface area contributed by atoms with Gasteiger partial charge < -0.3 is 19.0 Å². The van der Waals surface area contributed by atoms with Crippen LogP contribution >= 0.6 is 10.2 Å². The number of esters is 2. The van der Waals surface area contributed by atoms with Gasteiger partial charge in [0.05, 0.1) is 12.2 Å². The Hall–Kier alpha value is -3.31. The Morgan fingerprint density at radius 2 is 1.76 bits per heavy atom. The molecule has 9 nitrogen and oxygen atoms in total. The molecule has 1 aromatic rings. The van der Waals surface area contributed by atoms with Crippen LogP contribution in [0.2, 0.25) is 0 Å². The van der Waals surface area contributed by atoms with Gasteiger partial charge in [0.15, 0.2) is 0 Å². The largest absolute Gasteiger partial charge is 0.475 e. The van der Waals surface area contributed by atoms with Crippen molar-refractivity contribution in [3.8, 4) is 5.75 Å². The number of fused-ring (bicyclic) bond motifs is 1. The molecule has 1 heterocycles. The molecule has 18 heteroatoms. The zero-order valence-electron chi connectivity index (χ0n) is 16.4. The van der Waals surface area contributed by atoms with E-state index in [1.54, 1.807) is 0 Å². The second-order valence-electron chi connectivity index (χ2n) is 6.53. The van der Waals surface area contributed by atoms with Gasteiger partial charge in [0, 0.05) is 12.0 Å². The van der Waals surface area contributed by atoms with E-state index in [1.165, 1.54) is 0 Å². The number of nitrogens with zero attached hydrogens (tertiary/aromatic N) is 1. The first-order valence-corrected chi connectivity index (χ1v) is 10.7. The molecule has 192 valence electrons. The highest BCUT2D eigenvalue weighted by Crippen LogP contribution is 3.02. The summed E-state index contributed by atoms with van der Waals surface area (Å²) >= 11 is 0. The topological polar surface area (TPSA) is 114 Å². The van der Waals surface area contributed by atoms with Crippen LogP contribution in [0.25, 0.3) is 6.08 Å². The van der Waals surface area contributed by atoms with Gasteiger partial charge in [-0.05, 0) is 30.7 Å². The van der Waals surface area contributed by atoms with Gasteiger partial charge in [-0.3, -0.25) is 4.79 Å². The van der Waals surface area contributed by atoms with Crippen LogP contribution < -0.4 is 4.74 Å². The zero-order valence-corrected chi connectivity index (χ0v) is 17.2. The van der Waals surface area contributed by atoms with Crippen LogP contribution in [0.5, 0.6) is 5.75 Å². The monoisotopic (exact) mass is 531 g/mol. The summed E-state index contributed by atoms with van der Waals surface area (Å²) in [6.45, 7) is -1.70. The lowest BCUT2D eigenvalue weighted by atomic mass is 10.0. The molecule has 0 radical (unpaired) electrons. The van der Waals surface area contributed by atoms with Gasteiger partial charge in [0.25, 0.3) is 5.09 Å². The zero-order chi connectivity index (χ0) is 26.0. The standard InChI is InChI=1S/C16H13F8NO8S/c17-16(18,19)14-11(15(27)31-8-30-13(26)2-1-5-32-25(28)29)7-9-6-10(3-4-12(9)33-14)34(20,21,22,23)24/h3-4,6-7,14H,1-2,5,8H2. The third-order valence-corrected chi connectivity index (χ3v) is 5.07.